The topological polar surface area (TPSA) is 50.3 Å². The second kappa shape index (κ2) is 13.0. The van der Waals surface area contributed by atoms with E-state index in [1.807, 2.05) is 18.2 Å². The maximum absolute atomic E-state index is 12.5. The van der Waals surface area contributed by atoms with Gasteiger partial charge in [-0.1, -0.05) is 53.2 Å². The minimum Gasteiger partial charge on any atom is -0.455 e. The highest BCUT2D eigenvalue weighted by atomic mass is 35.5. The fraction of sp³-hybridized carbons (Fsp3) is 0.241. The van der Waals surface area contributed by atoms with Crippen LogP contribution >= 0.6 is 35.0 Å². The molecule has 10 heteroatoms. The van der Waals surface area contributed by atoms with Gasteiger partial charge in [-0.05, 0) is 72.0 Å². The number of hydrogen-bond donors (Lipinski definition) is 0. The number of furan rings is 1. The van der Waals surface area contributed by atoms with Crippen LogP contribution < -0.4 is 0 Å². The molecule has 1 aliphatic heterocycles. The number of halogens is 4. The molecule has 1 aromatic heterocycles. The predicted octanol–water partition coefficient (Wildman–Crippen LogP) is 8.44. The van der Waals surface area contributed by atoms with Gasteiger partial charge in [-0.25, -0.2) is 0 Å². The first kappa shape index (κ1) is 27.6. The van der Waals surface area contributed by atoms with E-state index in [0.717, 1.165) is 48.3 Å². The van der Waals surface area contributed by atoms with Crippen LogP contribution in [0.25, 0.3) is 17.4 Å². The van der Waals surface area contributed by atoms with Crippen molar-refractivity contribution in [1.29, 1.82) is 0 Å². The van der Waals surface area contributed by atoms with Crippen molar-refractivity contribution in [2.45, 2.75) is 23.5 Å². The molecule has 0 amide bonds. The molecule has 0 bridgehead atoms. The summed E-state index contributed by atoms with van der Waals surface area (Å²) in [5.74, 6) is -1.28. The number of hydrogen-bond acceptors (Lipinski definition) is 6. The van der Waals surface area contributed by atoms with E-state index in [1.54, 1.807) is 48.8 Å². The highest BCUT2D eigenvalue weighted by Crippen LogP contribution is 2.36. The molecule has 3 aromatic rings. The van der Waals surface area contributed by atoms with Gasteiger partial charge in [-0.3, -0.25) is 0 Å². The van der Waals surface area contributed by atoms with Crippen LogP contribution in [0.5, 0.6) is 0 Å². The molecule has 0 unspecified atom stereocenters. The van der Waals surface area contributed by atoms with Crippen LogP contribution in [0.2, 0.25) is 10.0 Å². The average molecular weight is 589 g/mol. The maximum Gasteiger partial charge on any atom is 0.288 e. The molecule has 39 heavy (non-hydrogen) atoms. The van der Waals surface area contributed by atoms with Crippen molar-refractivity contribution in [2.75, 3.05) is 26.3 Å². The quantitative estimate of drug-likeness (QED) is 0.151. The molecule has 1 saturated heterocycles. The highest BCUT2D eigenvalue weighted by molar-refractivity contribution is 7.99. The van der Waals surface area contributed by atoms with E-state index in [2.05, 4.69) is 21.2 Å². The second-order valence-corrected chi connectivity index (χ2v) is 10.8. The number of allylic oxidation sites excluding steroid dienone is 2. The summed E-state index contributed by atoms with van der Waals surface area (Å²) in [7, 11) is 0. The van der Waals surface area contributed by atoms with Crippen LogP contribution in [-0.4, -0.2) is 49.4 Å². The zero-order chi connectivity index (χ0) is 27.2. The molecule has 2 aliphatic rings. The molecule has 0 atom stereocenters. The van der Waals surface area contributed by atoms with Crippen molar-refractivity contribution in [1.82, 2.24) is 4.90 Å². The molecule has 1 aliphatic carbocycles. The van der Waals surface area contributed by atoms with Gasteiger partial charge in [0, 0.05) is 39.3 Å². The zero-order valence-corrected chi connectivity index (χ0v) is 23.2. The Hall–Kier alpha value is -2.91. The number of nitrogens with zero attached hydrogens (tertiary/aromatic N) is 3. The largest absolute Gasteiger partial charge is 0.455 e. The van der Waals surface area contributed by atoms with Gasteiger partial charge < -0.3 is 14.1 Å². The summed E-state index contributed by atoms with van der Waals surface area (Å²) in [5, 5.41) is 9.73. The van der Waals surface area contributed by atoms with E-state index in [1.165, 1.54) is 5.57 Å². The number of rotatable bonds is 8. The molecule has 0 spiro atoms. The van der Waals surface area contributed by atoms with Gasteiger partial charge in [0.05, 0.1) is 25.6 Å². The van der Waals surface area contributed by atoms with Crippen molar-refractivity contribution < 1.29 is 17.9 Å². The Morgan fingerprint density at radius 1 is 0.923 bits per heavy atom. The van der Waals surface area contributed by atoms with Crippen molar-refractivity contribution in [2.24, 2.45) is 10.2 Å². The zero-order valence-electron chi connectivity index (χ0n) is 20.8. The van der Waals surface area contributed by atoms with Gasteiger partial charge in [0.15, 0.2) is 0 Å². The molecule has 0 saturated carbocycles. The molecular formula is C29H25Cl2F2N3O2S. The summed E-state index contributed by atoms with van der Waals surface area (Å²) in [4.78, 5) is 2.84. The number of morpholine rings is 1. The monoisotopic (exact) mass is 587 g/mol. The lowest BCUT2D eigenvalue weighted by molar-refractivity contribution is 0.0548. The van der Waals surface area contributed by atoms with Crippen molar-refractivity contribution in [3.05, 3.63) is 92.8 Å². The Bertz CT molecular complexity index is 1430. The Labute approximate surface area is 239 Å². The highest BCUT2D eigenvalue weighted by Gasteiger charge is 2.25. The number of benzene rings is 2. The summed E-state index contributed by atoms with van der Waals surface area (Å²) >= 11 is 13.0. The molecule has 5 rings (SSSR count). The van der Waals surface area contributed by atoms with Crippen LogP contribution in [-0.2, 0) is 4.74 Å². The Balaban J connectivity index is 1.32. The van der Waals surface area contributed by atoms with E-state index < -0.39 is 5.76 Å². The summed E-state index contributed by atoms with van der Waals surface area (Å²) in [5.41, 5.74) is 5.17. The molecule has 2 aromatic carbocycles. The van der Waals surface area contributed by atoms with Crippen molar-refractivity contribution >= 4 is 53.5 Å². The fourth-order valence-corrected chi connectivity index (χ4v) is 5.51. The third-order valence-corrected chi connectivity index (χ3v) is 7.63. The van der Waals surface area contributed by atoms with Gasteiger partial charge in [-0.2, -0.15) is 19.0 Å². The van der Waals surface area contributed by atoms with Crippen LogP contribution in [0.1, 0.15) is 24.2 Å². The van der Waals surface area contributed by atoms with Crippen LogP contribution in [0.15, 0.2) is 91.0 Å². The van der Waals surface area contributed by atoms with Gasteiger partial charge in [0.2, 0.25) is 0 Å². The van der Waals surface area contributed by atoms with Crippen LogP contribution in [0.4, 0.5) is 8.78 Å². The summed E-state index contributed by atoms with van der Waals surface area (Å²) < 4.78 is 36.5. The maximum atomic E-state index is 12.5. The summed E-state index contributed by atoms with van der Waals surface area (Å²) in [6.45, 7) is 2.96. The molecule has 1 fully saturated rings. The van der Waals surface area contributed by atoms with Gasteiger partial charge in [0.25, 0.3) is 5.76 Å². The lowest BCUT2D eigenvalue weighted by Gasteiger charge is -2.31. The standard InChI is InChI=1S/C29H25Cl2F2N3O2S/c30-23-6-3-20(26(31)16-23)15-21-1-2-22(28(21)36-11-13-37-14-12-36)17-34-35-18-24-7-10-27(38-24)19-4-8-25(9-5-19)39-29(32)33/h3-10,15-18,29H,1-2,11-14H2/b21-15-,34-17+,35-18+. The predicted molar refractivity (Wildman–Crippen MR) is 155 cm³/mol. The fourth-order valence-electron chi connectivity index (χ4n) is 4.55. The van der Waals surface area contributed by atoms with E-state index in [4.69, 9.17) is 32.4 Å². The minimum absolute atomic E-state index is 0.503. The second-order valence-electron chi connectivity index (χ2n) is 8.90. The van der Waals surface area contributed by atoms with E-state index in [9.17, 15) is 8.78 Å². The third kappa shape index (κ3) is 7.19. The van der Waals surface area contributed by atoms with Crippen molar-refractivity contribution in [3.63, 3.8) is 0 Å². The van der Waals surface area contributed by atoms with E-state index >= 15 is 0 Å². The minimum atomic E-state index is -2.45. The molecule has 0 radical (unpaired) electrons. The first-order valence-electron chi connectivity index (χ1n) is 12.4. The molecule has 202 valence electrons. The third-order valence-electron chi connectivity index (χ3n) is 6.35. The number of ether oxygens (including phenoxy) is 1. The lowest BCUT2D eigenvalue weighted by atomic mass is 10.1. The van der Waals surface area contributed by atoms with Crippen LogP contribution in [0, 0.1) is 0 Å². The number of thioether (sulfide) groups is 1. The molecule has 0 N–H and O–H groups in total. The SMILES string of the molecule is FC(F)Sc1ccc(-c2ccc(/C=N/N=C/C3=C(N4CCOCC4)C(=C\c4ccc(Cl)cc4Cl)/CC3)o2)cc1. The molecular weight excluding hydrogens is 563 g/mol. The average Bonchev–Trinajstić information content (AvgIpc) is 3.56. The first-order chi connectivity index (χ1) is 19.0. The van der Waals surface area contributed by atoms with Gasteiger partial charge in [0.1, 0.15) is 11.5 Å². The van der Waals surface area contributed by atoms with E-state index in [0.29, 0.717) is 51.4 Å². The van der Waals surface area contributed by atoms with Gasteiger partial charge >= 0.3 is 0 Å². The summed E-state index contributed by atoms with van der Waals surface area (Å²) in [6, 6.07) is 15.9. The normalized spacial score (nSPS) is 17.6. The van der Waals surface area contributed by atoms with Crippen LogP contribution in [0.3, 0.4) is 0 Å². The molecule has 5 nitrogen and oxygen atoms in total. The smallest absolute Gasteiger partial charge is 0.288 e. The first-order valence-corrected chi connectivity index (χ1v) is 14.0. The van der Waals surface area contributed by atoms with Crippen molar-refractivity contribution in [3.8, 4) is 11.3 Å². The Kier molecular flexibility index (Phi) is 9.19. The summed E-state index contributed by atoms with van der Waals surface area (Å²) in [6.07, 6.45) is 7.18. The van der Waals surface area contributed by atoms with Gasteiger partial charge in [-0.15, -0.1) is 0 Å². The lowest BCUT2D eigenvalue weighted by Crippen LogP contribution is -2.36. The Morgan fingerprint density at radius 2 is 1.69 bits per heavy atom. The Morgan fingerprint density at radius 3 is 2.44 bits per heavy atom. The molecule has 2 heterocycles. The number of alkyl halides is 2. The van der Waals surface area contributed by atoms with E-state index in [-0.39, 0.29) is 0 Å².